The maximum Gasteiger partial charge on any atom is 0.331 e. The Morgan fingerprint density at radius 2 is 1.70 bits per heavy atom. The summed E-state index contributed by atoms with van der Waals surface area (Å²) in [5, 5.41) is 14.9. The van der Waals surface area contributed by atoms with Crippen LogP contribution in [0.3, 0.4) is 0 Å². The van der Waals surface area contributed by atoms with Gasteiger partial charge in [0.1, 0.15) is 24.4 Å². The van der Waals surface area contributed by atoms with Gasteiger partial charge in [-0.2, -0.15) is 0 Å². The standard InChI is InChI=1S/C34H43N7O6/c1-25(26-11-13-29(14-12-26)47-20-6-4-5-17-45-18-8-19-46-23-32(42)44-3)38-34(43)27-9-7-10-28(21-27)36-22-31-39-40-33(41(31)2)30-15-16-35-24-37-30/h7,9-16,21,24-25,36H,4-6,8,17-20,22-23H2,1-3H3,(H,38,43)/t25-/m0/s1. The third-order valence-electron chi connectivity index (χ3n) is 7.31. The number of amides is 1. The SMILES string of the molecule is COC(=O)COCCCOCCCCCOc1ccc([C@H](C)NC(=O)c2cccc(NCc3nnc(-c4ccncn4)n3C)c2)cc1. The van der Waals surface area contributed by atoms with Gasteiger partial charge in [-0.05, 0) is 74.6 Å². The predicted octanol–water partition coefficient (Wildman–Crippen LogP) is 4.52. The first kappa shape index (κ1) is 35.0. The normalized spacial score (nSPS) is 11.6. The number of benzene rings is 2. The van der Waals surface area contributed by atoms with Crippen LogP contribution < -0.4 is 15.4 Å². The number of nitrogens with zero attached hydrogens (tertiary/aromatic N) is 5. The average molecular weight is 646 g/mol. The number of hydrogen-bond donors (Lipinski definition) is 2. The van der Waals surface area contributed by atoms with Gasteiger partial charge in [0.05, 0.1) is 26.3 Å². The number of methoxy groups -OCH3 is 1. The summed E-state index contributed by atoms with van der Waals surface area (Å²) in [6.07, 6.45) is 6.76. The minimum atomic E-state index is -0.374. The van der Waals surface area contributed by atoms with Crippen molar-refractivity contribution in [1.82, 2.24) is 30.0 Å². The Kier molecular flexibility index (Phi) is 14.1. The van der Waals surface area contributed by atoms with E-state index in [2.05, 4.69) is 35.5 Å². The summed E-state index contributed by atoms with van der Waals surface area (Å²) in [6, 6.07) is 16.7. The molecule has 2 aromatic carbocycles. The molecule has 250 valence electrons. The number of hydrogen-bond acceptors (Lipinski definition) is 11. The number of carbonyl (C=O) groups is 2. The van der Waals surface area contributed by atoms with Crippen LogP contribution in [-0.2, 0) is 32.6 Å². The minimum absolute atomic E-state index is 0.0235. The van der Waals surface area contributed by atoms with Crippen molar-refractivity contribution in [1.29, 1.82) is 0 Å². The van der Waals surface area contributed by atoms with E-state index < -0.39 is 0 Å². The van der Waals surface area contributed by atoms with Crippen molar-refractivity contribution in [3.63, 3.8) is 0 Å². The zero-order valence-corrected chi connectivity index (χ0v) is 27.2. The Bertz CT molecular complexity index is 1530. The maximum absolute atomic E-state index is 13.1. The van der Waals surface area contributed by atoms with Gasteiger partial charge in [-0.3, -0.25) is 4.79 Å². The van der Waals surface area contributed by atoms with Crippen LogP contribution in [0.4, 0.5) is 5.69 Å². The van der Waals surface area contributed by atoms with Gasteiger partial charge in [-0.1, -0.05) is 18.2 Å². The van der Waals surface area contributed by atoms with Crippen molar-refractivity contribution in [3.05, 3.63) is 84.1 Å². The van der Waals surface area contributed by atoms with Crippen molar-refractivity contribution in [3.8, 4) is 17.3 Å². The Morgan fingerprint density at radius 3 is 2.49 bits per heavy atom. The highest BCUT2D eigenvalue weighted by Crippen LogP contribution is 2.20. The van der Waals surface area contributed by atoms with E-state index in [1.165, 1.54) is 13.4 Å². The lowest BCUT2D eigenvalue weighted by molar-refractivity contribution is -0.146. The van der Waals surface area contributed by atoms with E-state index in [0.29, 0.717) is 50.1 Å². The summed E-state index contributed by atoms with van der Waals surface area (Å²) in [5.74, 6) is 1.64. The second-order valence-corrected chi connectivity index (χ2v) is 10.8. The smallest absolute Gasteiger partial charge is 0.331 e. The highest BCUT2D eigenvalue weighted by atomic mass is 16.6. The van der Waals surface area contributed by atoms with Gasteiger partial charge >= 0.3 is 5.97 Å². The fraction of sp³-hybridized carbons (Fsp3) is 0.412. The monoisotopic (exact) mass is 645 g/mol. The Balaban J connectivity index is 1.12. The van der Waals surface area contributed by atoms with E-state index in [1.807, 2.05) is 61.0 Å². The van der Waals surface area contributed by atoms with Gasteiger partial charge in [0.15, 0.2) is 11.6 Å². The van der Waals surface area contributed by atoms with Gasteiger partial charge in [-0.25, -0.2) is 14.8 Å². The van der Waals surface area contributed by atoms with Gasteiger partial charge in [0, 0.05) is 44.3 Å². The molecule has 1 atom stereocenters. The van der Waals surface area contributed by atoms with Crippen LogP contribution in [0.1, 0.15) is 60.4 Å². The number of nitrogens with one attached hydrogen (secondary N) is 2. The Morgan fingerprint density at radius 1 is 0.915 bits per heavy atom. The average Bonchev–Trinajstić information content (AvgIpc) is 3.48. The van der Waals surface area contributed by atoms with Gasteiger partial charge in [0.2, 0.25) is 0 Å². The molecule has 4 aromatic rings. The molecule has 2 heterocycles. The molecule has 0 saturated heterocycles. The van der Waals surface area contributed by atoms with Crippen molar-refractivity contribution in [2.24, 2.45) is 7.05 Å². The van der Waals surface area contributed by atoms with Crippen LogP contribution in [0.15, 0.2) is 67.1 Å². The summed E-state index contributed by atoms with van der Waals surface area (Å²) in [6.45, 7) is 4.74. The highest BCUT2D eigenvalue weighted by molar-refractivity contribution is 5.95. The van der Waals surface area contributed by atoms with Crippen LogP contribution >= 0.6 is 0 Å². The molecule has 0 bridgehead atoms. The third-order valence-corrected chi connectivity index (χ3v) is 7.31. The number of aromatic nitrogens is 5. The van der Waals surface area contributed by atoms with Crippen molar-refractivity contribution < 1.29 is 28.5 Å². The highest BCUT2D eigenvalue weighted by Gasteiger charge is 2.14. The van der Waals surface area contributed by atoms with Crippen LogP contribution in [0.25, 0.3) is 11.5 Å². The molecule has 4 rings (SSSR count). The van der Waals surface area contributed by atoms with Gasteiger partial charge in [0.25, 0.3) is 5.91 Å². The predicted molar refractivity (Wildman–Crippen MR) is 176 cm³/mol. The van der Waals surface area contributed by atoms with E-state index in [4.69, 9.17) is 14.2 Å². The molecule has 1 amide bonds. The molecule has 2 aromatic heterocycles. The molecule has 0 aliphatic carbocycles. The molecule has 13 heteroatoms. The molecular weight excluding hydrogens is 602 g/mol. The first-order valence-electron chi connectivity index (χ1n) is 15.7. The largest absolute Gasteiger partial charge is 0.494 e. The molecule has 0 radical (unpaired) electrons. The van der Waals surface area contributed by atoms with Crippen LogP contribution in [-0.4, -0.2) is 76.8 Å². The van der Waals surface area contributed by atoms with Gasteiger partial charge in [-0.15, -0.1) is 10.2 Å². The Labute approximate surface area is 275 Å². The van der Waals surface area contributed by atoms with E-state index >= 15 is 0 Å². The van der Waals surface area contributed by atoms with Crippen LogP contribution in [0.5, 0.6) is 5.75 Å². The molecular formula is C34H43N7O6. The molecule has 0 aliphatic rings. The van der Waals surface area contributed by atoms with E-state index in [-0.39, 0.29) is 24.5 Å². The molecule has 47 heavy (non-hydrogen) atoms. The maximum atomic E-state index is 13.1. The molecule has 0 unspecified atom stereocenters. The topological polar surface area (TPSA) is 152 Å². The van der Waals surface area contributed by atoms with Gasteiger partial charge < -0.3 is 34.1 Å². The lowest BCUT2D eigenvalue weighted by Gasteiger charge is -2.16. The third kappa shape index (κ3) is 11.5. The number of carbonyl (C=O) groups excluding carboxylic acids is 2. The quantitative estimate of drug-likeness (QED) is 0.103. The Hall–Kier alpha value is -4.88. The number of esters is 1. The van der Waals surface area contributed by atoms with Crippen LogP contribution in [0.2, 0.25) is 0 Å². The second kappa shape index (κ2) is 18.9. The van der Waals surface area contributed by atoms with Crippen molar-refractivity contribution in [2.75, 3.05) is 45.5 Å². The zero-order valence-electron chi connectivity index (χ0n) is 27.2. The summed E-state index contributed by atoms with van der Waals surface area (Å²) in [7, 11) is 3.22. The molecule has 0 saturated carbocycles. The molecule has 13 nitrogen and oxygen atoms in total. The molecule has 0 aliphatic heterocycles. The number of rotatable bonds is 20. The molecule has 2 N–H and O–H groups in total. The number of unbranched alkanes of at least 4 members (excludes halogenated alkanes) is 2. The van der Waals surface area contributed by atoms with E-state index in [1.54, 1.807) is 18.3 Å². The summed E-state index contributed by atoms with van der Waals surface area (Å²) < 4.78 is 23.1. The molecule has 0 fully saturated rings. The fourth-order valence-electron chi connectivity index (χ4n) is 4.58. The second-order valence-electron chi connectivity index (χ2n) is 10.8. The first-order valence-corrected chi connectivity index (χ1v) is 15.7. The summed E-state index contributed by atoms with van der Waals surface area (Å²) >= 11 is 0. The van der Waals surface area contributed by atoms with E-state index in [0.717, 1.165) is 48.5 Å². The summed E-state index contributed by atoms with van der Waals surface area (Å²) in [5.41, 5.74) is 3.02. The van der Waals surface area contributed by atoms with Crippen molar-refractivity contribution >= 4 is 17.6 Å². The fourth-order valence-corrected chi connectivity index (χ4v) is 4.58. The minimum Gasteiger partial charge on any atom is -0.494 e. The lowest BCUT2D eigenvalue weighted by atomic mass is 10.1. The first-order chi connectivity index (χ1) is 22.9. The van der Waals surface area contributed by atoms with Crippen molar-refractivity contribution in [2.45, 2.75) is 45.2 Å². The molecule has 0 spiro atoms. The van der Waals surface area contributed by atoms with E-state index in [9.17, 15) is 9.59 Å². The van der Waals surface area contributed by atoms with Crippen LogP contribution in [0, 0.1) is 0 Å². The number of ether oxygens (including phenoxy) is 4. The zero-order chi connectivity index (χ0) is 33.3. The number of anilines is 1. The summed E-state index contributed by atoms with van der Waals surface area (Å²) in [4.78, 5) is 32.2. The lowest BCUT2D eigenvalue weighted by Crippen LogP contribution is -2.26.